The molecular weight excluding hydrogens is 304 g/mol. The highest BCUT2D eigenvalue weighted by atomic mass is 16.7. The minimum Gasteiger partial charge on any atom is -0.497 e. The highest BCUT2D eigenvalue weighted by Gasteiger charge is 2.43. The number of aliphatic hydroxyl groups excluding tert-OH is 4. The first-order chi connectivity index (χ1) is 11.1. The quantitative estimate of drug-likeness (QED) is 0.559. The van der Waals surface area contributed by atoms with E-state index in [4.69, 9.17) is 19.3 Å². The van der Waals surface area contributed by atoms with Crippen LogP contribution in [0.1, 0.15) is 5.56 Å². The van der Waals surface area contributed by atoms with E-state index < -0.39 is 37.3 Å². The van der Waals surface area contributed by atoms with E-state index in [9.17, 15) is 15.3 Å². The molecule has 1 aromatic carbocycles. The Morgan fingerprint density at radius 3 is 2.39 bits per heavy atom. The lowest BCUT2D eigenvalue weighted by Gasteiger charge is -2.39. The van der Waals surface area contributed by atoms with Gasteiger partial charge in [0.1, 0.15) is 30.2 Å². The molecule has 0 aliphatic carbocycles. The Labute approximate surface area is 134 Å². The van der Waals surface area contributed by atoms with Gasteiger partial charge in [-0.05, 0) is 17.7 Å². The third-order valence-electron chi connectivity index (χ3n) is 3.63. The van der Waals surface area contributed by atoms with Crippen LogP contribution in [-0.2, 0) is 9.47 Å². The summed E-state index contributed by atoms with van der Waals surface area (Å²) in [7, 11) is 1.60. The molecule has 1 aromatic rings. The van der Waals surface area contributed by atoms with Crippen LogP contribution in [0.25, 0.3) is 6.08 Å². The minimum atomic E-state index is -1.43. The van der Waals surface area contributed by atoms with Gasteiger partial charge < -0.3 is 34.6 Å². The first kappa shape index (κ1) is 17.9. The van der Waals surface area contributed by atoms with E-state index in [1.54, 1.807) is 13.2 Å². The zero-order valence-electron chi connectivity index (χ0n) is 12.8. The van der Waals surface area contributed by atoms with Crippen molar-refractivity contribution >= 4 is 6.08 Å². The molecule has 1 heterocycles. The van der Waals surface area contributed by atoms with Crippen LogP contribution in [0.3, 0.4) is 0 Å². The Kier molecular flexibility index (Phi) is 6.52. The fourth-order valence-corrected chi connectivity index (χ4v) is 2.25. The van der Waals surface area contributed by atoms with Gasteiger partial charge in [0.05, 0.1) is 20.3 Å². The zero-order chi connectivity index (χ0) is 16.8. The van der Waals surface area contributed by atoms with Gasteiger partial charge in [-0.15, -0.1) is 0 Å². The predicted octanol–water partition coefficient (Wildman–Crippen LogP) is -0.475. The molecule has 0 bridgehead atoms. The number of methoxy groups -OCH3 is 1. The third kappa shape index (κ3) is 4.51. The van der Waals surface area contributed by atoms with Gasteiger partial charge in [-0.25, -0.2) is 0 Å². The summed E-state index contributed by atoms with van der Waals surface area (Å²) < 4.78 is 15.6. The van der Waals surface area contributed by atoms with Gasteiger partial charge in [0, 0.05) is 0 Å². The Balaban J connectivity index is 1.85. The zero-order valence-corrected chi connectivity index (χ0v) is 12.8. The number of ether oxygens (including phenoxy) is 3. The highest BCUT2D eigenvalue weighted by Crippen LogP contribution is 2.22. The third-order valence-corrected chi connectivity index (χ3v) is 3.63. The van der Waals surface area contributed by atoms with E-state index in [-0.39, 0.29) is 6.61 Å². The Bertz CT molecular complexity index is 500. The molecule has 1 aliphatic heterocycles. The van der Waals surface area contributed by atoms with Gasteiger partial charge in [-0.1, -0.05) is 24.3 Å². The summed E-state index contributed by atoms with van der Waals surface area (Å²) >= 11 is 0. The second-order valence-corrected chi connectivity index (χ2v) is 5.21. The summed E-state index contributed by atoms with van der Waals surface area (Å²) in [6.45, 7) is -0.346. The van der Waals surface area contributed by atoms with Crippen molar-refractivity contribution in [1.29, 1.82) is 0 Å². The molecule has 7 heteroatoms. The lowest BCUT2D eigenvalue weighted by molar-refractivity contribution is -0.298. The summed E-state index contributed by atoms with van der Waals surface area (Å²) in [6.07, 6.45) is -2.74. The monoisotopic (exact) mass is 326 g/mol. The van der Waals surface area contributed by atoms with Crippen molar-refractivity contribution in [3.05, 3.63) is 35.9 Å². The first-order valence-corrected chi connectivity index (χ1v) is 7.29. The van der Waals surface area contributed by atoms with Crippen LogP contribution in [0.15, 0.2) is 30.3 Å². The van der Waals surface area contributed by atoms with E-state index in [1.165, 1.54) is 0 Å². The van der Waals surface area contributed by atoms with Crippen LogP contribution in [0.5, 0.6) is 5.75 Å². The molecule has 2 rings (SSSR count). The van der Waals surface area contributed by atoms with E-state index in [1.807, 2.05) is 30.3 Å². The SMILES string of the molecule is COc1ccc(C=CCOC2OC(CO)C(O)C(O)C2O)cc1. The number of benzene rings is 1. The van der Waals surface area contributed by atoms with E-state index in [0.29, 0.717) is 0 Å². The molecule has 23 heavy (non-hydrogen) atoms. The molecule has 0 saturated carbocycles. The van der Waals surface area contributed by atoms with Crippen molar-refractivity contribution in [3.8, 4) is 5.75 Å². The average Bonchev–Trinajstić information content (AvgIpc) is 2.59. The summed E-state index contributed by atoms with van der Waals surface area (Å²) in [6, 6.07) is 7.42. The highest BCUT2D eigenvalue weighted by molar-refractivity contribution is 5.50. The average molecular weight is 326 g/mol. The molecule has 1 fully saturated rings. The summed E-state index contributed by atoms with van der Waals surface area (Å²) in [5.74, 6) is 0.764. The molecule has 128 valence electrons. The van der Waals surface area contributed by atoms with Crippen LogP contribution >= 0.6 is 0 Å². The standard InChI is InChI=1S/C16H22O7/c1-21-11-6-4-10(5-7-11)3-2-8-22-16-15(20)14(19)13(18)12(9-17)23-16/h2-7,12-20H,8-9H2,1H3. The van der Waals surface area contributed by atoms with Crippen molar-refractivity contribution < 1.29 is 34.6 Å². The van der Waals surface area contributed by atoms with Gasteiger partial charge in [0.25, 0.3) is 0 Å². The van der Waals surface area contributed by atoms with Gasteiger partial charge in [-0.3, -0.25) is 0 Å². The molecule has 1 aliphatic rings. The number of rotatable bonds is 6. The summed E-state index contributed by atoms with van der Waals surface area (Å²) in [5, 5.41) is 38.2. The second-order valence-electron chi connectivity index (χ2n) is 5.21. The fourth-order valence-electron chi connectivity index (χ4n) is 2.25. The Morgan fingerprint density at radius 1 is 1.09 bits per heavy atom. The van der Waals surface area contributed by atoms with Crippen LogP contribution in [0.2, 0.25) is 0 Å². The largest absolute Gasteiger partial charge is 0.497 e. The van der Waals surface area contributed by atoms with Gasteiger partial charge in [0.2, 0.25) is 0 Å². The topological polar surface area (TPSA) is 109 Å². The van der Waals surface area contributed by atoms with Gasteiger partial charge >= 0.3 is 0 Å². The summed E-state index contributed by atoms with van der Waals surface area (Å²) in [4.78, 5) is 0. The van der Waals surface area contributed by atoms with Gasteiger partial charge in [0.15, 0.2) is 6.29 Å². The molecule has 5 atom stereocenters. The van der Waals surface area contributed by atoms with Crippen LogP contribution in [-0.4, -0.2) is 71.5 Å². The van der Waals surface area contributed by atoms with Crippen LogP contribution in [0.4, 0.5) is 0 Å². The first-order valence-electron chi connectivity index (χ1n) is 7.29. The van der Waals surface area contributed by atoms with E-state index in [2.05, 4.69) is 0 Å². The molecular formula is C16H22O7. The van der Waals surface area contributed by atoms with E-state index in [0.717, 1.165) is 11.3 Å². The molecule has 1 saturated heterocycles. The maximum atomic E-state index is 9.82. The second kappa shape index (κ2) is 8.39. The van der Waals surface area contributed by atoms with Crippen LogP contribution < -0.4 is 4.74 Å². The molecule has 0 aromatic heterocycles. The lowest BCUT2D eigenvalue weighted by atomic mass is 9.99. The van der Waals surface area contributed by atoms with E-state index >= 15 is 0 Å². The number of hydrogen-bond acceptors (Lipinski definition) is 7. The van der Waals surface area contributed by atoms with Crippen molar-refractivity contribution in [2.45, 2.75) is 30.7 Å². The molecule has 4 N–H and O–H groups in total. The fraction of sp³-hybridized carbons (Fsp3) is 0.500. The van der Waals surface area contributed by atoms with Crippen molar-refractivity contribution in [2.24, 2.45) is 0 Å². The maximum Gasteiger partial charge on any atom is 0.187 e. The lowest BCUT2D eigenvalue weighted by Crippen LogP contribution is -2.59. The van der Waals surface area contributed by atoms with Crippen LogP contribution in [0, 0.1) is 0 Å². The van der Waals surface area contributed by atoms with Gasteiger partial charge in [-0.2, -0.15) is 0 Å². The molecule has 5 unspecified atom stereocenters. The van der Waals surface area contributed by atoms with Crippen molar-refractivity contribution in [3.63, 3.8) is 0 Å². The normalized spacial score (nSPS) is 31.4. The maximum absolute atomic E-state index is 9.82. The van der Waals surface area contributed by atoms with Crippen molar-refractivity contribution in [2.75, 3.05) is 20.3 Å². The number of hydrogen-bond donors (Lipinski definition) is 4. The molecule has 7 nitrogen and oxygen atoms in total. The van der Waals surface area contributed by atoms with Crippen molar-refractivity contribution in [1.82, 2.24) is 0 Å². The smallest absolute Gasteiger partial charge is 0.187 e. The summed E-state index contributed by atoms with van der Waals surface area (Å²) in [5.41, 5.74) is 0.947. The molecule has 0 radical (unpaired) electrons. The number of aliphatic hydroxyl groups is 4. The molecule has 0 amide bonds. The molecule has 0 spiro atoms. The minimum absolute atomic E-state index is 0.134. The Morgan fingerprint density at radius 2 is 1.78 bits per heavy atom. The predicted molar refractivity (Wildman–Crippen MR) is 81.7 cm³/mol. The Hall–Kier alpha value is -1.48.